The predicted octanol–water partition coefficient (Wildman–Crippen LogP) is 6.28. The van der Waals surface area contributed by atoms with Gasteiger partial charge in [0.1, 0.15) is 12.6 Å². The molecule has 0 aromatic heterocycles. The number of carbonyl (C=O) groups excluding carboxylic acids is 2. The first kappa shape index (κ1) is 30.9. The van der Waals surface area contributed by atoms with E-state index < -0.39 is 28.5 Å². The molecule has 0 bridgehead atoms. The molecule has 7 nitrogen and oxygen atoms in total. The van der Waals surface area contributed by atoms with Crippen molar-refractivity contribution in [3.05, 3.63) is 92.9 Å². The molecular weight excluding hydrogens is 625 g/mol. The molecule has 0 saturated heterocycles. The first-order chi connectivity index (χ1) is 18.5. The van der Waals surface area contributed by atoms with Crippen LogP contribution in [0.1, 0.15) is 32.3 Å². The van der Waals surface area contributed by atoms with Gasteiger partial charge >= 0.3 is 0 Å². The van der Waals surface area contributed by atoms with Gasteiger partial charge in [-0.25, -0.2) is 8.42 Å². The van der Waals surface area contributed by atoms with Gasteiger partial charge in [0, 0.05) is 17.6 Å². The number of sulfonamides is 1. The number of nitrogens with one attached hydrogen (secondary N) is 1. The predicted molar refractivity (Wildman–Crippen MR) is 160 cm³/mol. The number of halogens is 3. The number of benzene rings is 3. The van der Waals surface area contributed by atoms with Crippen LogP contribution in [0.25, 0.3) is 0 Å². The lowest BCUT2D eigenvalue weighted by atomic mass is 10.1. The average molecular weight is 655 g/mol. The fraction of sp³-hybridized carbons (Fsp3) is 0.286. The quantitative estimate of drug-likeness (QED) is 0.233. The average Bonchev–Trinajstić information content (AvgIpc) is 2.93. The van der Waals surface area contributed by atoms with Gasteiger partial charge < -0.3 is 10.2 Å². The zero-order chi connectivity index (χ0) is 28.6. The van der Waals surface area contributed by atoms with Crippen molar-refractivity contribution in [3.63, 3.8) is 0 Å². The van der Waals surface area contributed by atoms with Crippen molar-refractivity contribution in [1.82, 2.24) is 10.2 Å². The Morgan fingerprint density at radius 3 is 2.26 bits per heavy atom. The number of nitrogens with zero attached hydrogens (tertiary/aromatic N) is 2. The Balaban J connectivity index is 1.99. The highest BCUT2D eigenvalue weighted by Crippen LogP contribution is 2.27. The van der Waals surface area contributed by atoms with Crippen molar-refractivity contribution in [3.8, 4) is 0 Å². The van der Waals surface area contributed by atoms with E-state index in [9.17, 15) is 18.0 Å². The molecule has 0 unspecified atom stereocenters. The van der Waals surface area contributed by atoms with E-state index in [1.54, 1.807) is 67.6 Å². The Morgan fingerprint density at radius 2 is 1.64 bits per heavy atom. The van der Waals surface area contributed by atoms with Crippen LogP contribution in [0.2, 0.25) is 10.0 Å². The molecule has 0 aliphatic rings. The molecule has 0 saturated carbocycles. The third kappa shape index (κ3) is 8.20. The molecule has 0 aliphatic heterocycles. The third-order valence-corrected chi connectivity index (χ3v) is 9.11. The molecule has 0 aliphatic carbocycles. The molecule has 2 amide bonds. The van der Waals surface area contributed by atoms with Gasteiger partial charge in [-0.1, -0.05) is 76.7 Å². The second-order valence-electron chi connectivity index (χ2n) is 8.89. The van der Waals surface area contributed by atoms with E-state index in [0.29, 0.717) is 27.8 Å². The minimum absolute atomic E-state index is 0.0254. The van der Waals surface area contributed by atoms with E-state index in [1.165, 1.54) is 17.0 Å². The minimum atomic E-state index is -4.11. The lowest BCUT2D eigenvalue weighted by molar-refractivity contribution is -0.139. The molecule has 0 spiro atoms. The smallest absolute Gasteiger partial charge is 0.264 e. The number of unbranched alkanes of at least 4 members (excludes halogenated alkanes) is 1. The summed E-state index contributed by atoms with van der Waals surface area (Å²) in [6.45, 7) is 3.61. The van der Waals surface area contributed by atoms with Crippen LogP contribution in [-0.2, 0) is 26.2 Å². The number of hydrogen-bond donors (Lipinski definition) is 1. The number of rotatable bonds is 12. The van der Waals surface area contributed by atoms with E-state index in [-0.39, 0.29) is 17.3 Å². The number of anilines is 1. The van der Waals surface area contributed by atoms with Gasteiger partial charge in [0.15, 0.2) is 0 Å². The maximum Gasteiger partial charge on any atom is 0.264 e. The van der Waals surface area contributed by atoms with Crippen LogP contribution in [0.4, 0.5) is 5.69 Å². The van der Waals surface area contributed by atoms with Crippen LogP contribution in [0.3, 0.4) is 0 Å². The van der Waals surface area contributed by atoms with Crippen LogP contribution in [0.5, 0.6) is 0 Å². The monoisotopic (exact) mass is 653 g/mol. The van der Waals surface area contributed by atoms with Crippen LogP contribution >= 0.6 is 39.1 Å². The standard InChI is InChI=1S/C28H30BrCl2N3O4S/c1-3-4-16-32-28(36)20(2)33(18-21-10-15-25(30)26(31)17-21)27(35)19-34(23-13-11-22(29)12-14-23)39(37,38)24-8-6-5-7-9-24/h5-15,17,20H,3-4,16,18-19H2,1-2H3,(H,32,36)/t20-/m0/s1. The van der Waals surface area contributed by atoms with E-state index in [1.807, 2.05) is 6.92 Å². The highest BCUT2D eigenvalue weighted by Gasteiger charge is 2.32. The summed E-state index contributed by atoms with van der Waals surface area (Å²) in [5.74, 6) is -0.889. The first-order valence-corrected chi connectivity index (χ1v) is 15.4. The molecule has 3 rings (SSSR count). The second-order valence-corrected chi connectivity index (χ2v) is 12.5. The summed E-state index contributed by atoms with van der Waals surface area (Å²) in [5.41, 5.74) is 0.956. The molecule has 208 valence electrons. The van der Waals surface area contributed by atoms with E-state index in [2.05, 4.69) is 21.2 Å². The fourth-order valence-electron chi connectivity index (χ4n) is 3.81. The van der Waals surface area contributed by atoms with Gasteiger partial charge in [0.2, 0.25) is 11.8 Å². The Labute approximate surface area is 248 Å². The Bertz CT molecular complexity index is 1390. The molecule has 0 radical (unpaired) electrons. The van der Waals surface area contributed by atoms with Crippen molar-refractivity contribution >= 4 is 66.7 Å². The second kappa shape index (κ2) is 14.2. The van der Waals surface area contributed by atoms with E-state index in [4.69, 9.17) is 23.2 Å². The molecule has 39 heavy (non-hydrogen) atoms. The van der Waals surface area contributed by atoms with Crippen LogP contribution in [-0.4, -0.2) is 44.3 Å². The Kier molecular flexibility index (Phi) is 11.2. The Morgan fingerprint density at radius 1 is 0.974 bits per heavy atom. The third-order valence-electron chi connectivity index (χ3n) is 6.06. The van der Waals surface area contributed by atoms with Crippen LogP contribution < -0.4 is 9.62 Å². The number of amides is 2. The van der Waals surface area contributed by atoms with Crippen molar-refractivity contribution < 1.29 is 18.0 Å². The maximum atomic E-state index is 13.9. The summed E-state index contributed by atoms with van der Waals surface area (Å²) in [7, 11) is -4.11. The molecule has 1 N–H and O–H groups in total. The highest BCUT2D eigenvalue weighted by atomic mass is 79.9. The molecule has 3 aromatic carbocycles. The van der Waals surface area contributed by atoms with Gasteiger partial charge in [0.05, 0.1) is 20.6 Å². The molecule has 3 aromatic rings. The number of carbonyl (C=O) groups is 2. The summed E-state index contributed by atoms with van der Waals surface area (Å²) in [5, 5.41) is 3.53. The van der Waals surface area contributed by atoms with Crippen LogP contribution in [0.15, 0.2) is 82.2 Å². The topological polar surface area (TPSA) is 86.8 Å². The largest absolute Gasteiger partial charge is 0.354 e. The SMILES string of the molecule is CCCCNC(=O)[C@H](C)N(Cc1ccc(Cl)c(Cl)c1)C(=O)CN(c1ccc(Br)cc1)S(=O)(=O)c1ccccc1. The summed E-state index contributed by atoms with van der Waals surface area (Å²) in [6.07, 6.45) is 1.70. The van der Waals surface area contributed by atoms with E-state index in [0.717, 1.165) is 21.6 Å². The summed E-state index contributed by atoms with van der Waals surface area (Å²) in [6, 6.07) is 18.6. The maximum absolute atomic E-state index is 13.9. The van der Waals surface area contributed by atoms with Gasteiger partial charge in [-0.05, 0) is 67.4 Å². The molecule has 0 fully saturated rings. The Hall–Kier alpha value is -2.59. The lowest BCUT2D eigenvalue weighted by Gasteiger charge is -2.32. The van der Waals surface area contributed by atoms with Gasteiger partial charge in [0.25, 0.3) is 10.0 Å². The van der Waals surface area contributed by atoms with Gasteiger partial charge in [-0.15, -0.1) is 0 Å². The zero-order valence-corrected chi connectivity index (χ0v) is 25.5. The molecule has 11 heteroatoms. The van der Waals surface area contributed by atoms with Crippen molar-refractivity contribution in [2.75, 3.05) is 17.4 Å². The fourth-order valence-corrected chi connectivity index (χ4v) is 5.83. The van der Waals surface area contributed by atoms with Gasteiger partial charge in [-0.2, -0.15) is 0 Å². The summed E-state index contributed by atoms with van der Waals surface area (Å²) >= 11 is 15.6. The normalized spacial score (nSPS) is 12.0. The number of hydrogen-bond acceptors (Lipinski definition) is 4. The minimum Gasteiger partial charge on any atom is -0.354 e. The van der Waals surface area contributed by atoms with Crippen LogP contribution in [0, 0.1) is 0 Å². The molecule has 1 atom stereocenters. The van der Waals surface area contributed by atoms with Crippen molar-refractivity contribution in [2.45, 2.75) is 44.2 Å². The summed E-state index contributed by atoms with van der Waals surface area (Å²) in [4.78, 5) is 28.3. The van der Waals surface area contributed by atoms with Crippen molar-refractivity contribution in [2.24, 2.45) is 0 Å². The molecular formula is C28H30BrCl2N3O4S. The van der Waals surface area contributed by atoms with Crippen molar-refractivity contribution in [1.29, 1.82) is 0 Å². The van der Waals surface area contributed by atoms with Gasteiger partial charge in [-0.3, -0.25) is 13.9 Å². The highest BCUT2D eigenvalue weighted by molar-refractivity contribution is 9.10. The summed E-state index contributed by atoms with van der Waals surface area (Å²) < 4.78 is 29.3. The van der Waals surface area contributed by atoms with E-state index >= 15 is 0 Å². The molecule has 0 heterocycles. The lowest BCUT2D eigenvalue weighted by Crippen LogP contribution is -2.51. The zero-order valence-electron chi connectivity index (χ0n) is 21.6. The first-order valence-electron chi connectivity index (χ1n) is 12.4.